The number of hydrogen-bond acceptors (Lipinski definition) is 4. The van der Waals surface area contributed by atoms with Crippen LogP contribution in [0.2, 0.25) is 0 Å². The lowest BCUT2D eigenvalue weighted by atomic mass is 10.2. The maximum atomic E-state index is 5.61. The third-order valence-electron chi connectivity index (χ3n) is 3.28. The summed E-state index contributed by atoms with van der Waals surface area (Å²) in [5, 5.41) is 0. The summed E-state index contributed by atoms with van der Waals surface area (Å²) in [4.78, 5) is 4.73. The number of likely N-dealkylation sites (N-methyl/N-ethyl adjacent to an activating group) is 1. The average Bonchev–Trinajstić information content (AvgIpc) is 2.87. The summed E-state index contributed by atoms with van der Waals surface area (Å²) in [6, 6.07) is 4.68. The Labute approximate surface area is 97.0 Å². The second kappa shape index (κ2) is 4.99. The predicted octanol–water partition coefficient (Wildman–Crippen LogP) is 0.874. The highest BCUT2D eigenvalue weighted by Gasteiger charge is 2.24. The van der Waals surface area contributed by atoms with Gasteiger partial charge in [0.1, 0.15) is 11.5 Å². The van der Waals surface area contributed by atoms with E-state index in [0.29, 0.717) is 12.6 Å². The molecule has 0 aromatic carbocycles. The van der Waals surface area contributed by atoms with E-state index in [1.807, 2.05) is 12.1 Å². The fraction of sp³-hybridized carbons (Fsp3) is 0.667. The maximum Gasteiger partial charge on any atom is 0.118 e. The number of nitrogens with two attached hydrogens (primary N) is 1. The van der Waals surface area contributed by atoms with Crippen molar-refractivity contribution in [2.45, 2.75) is 25.6 Å². The first kappa shape index (κ1) is 11.6. The van der Waals surface area contributed by atoms with Crippen molar-refractivity contribution in [1.82, 2.24) is 9.80 Å². The van der Waals surface area contributed by atoms with Crippen LogP contribution in [0.1, 0.15) is 17.9 Å². The van der Waals surface area contributed by atoms with Crippen LogP contribution in [-0.4, -0.2) is 43.0 Å². The number of hydrogen-bond donors (Lipinski definition) is 1. The van der Waals surface area contributed by atoms with Crippen LogP contribution in [-0.2, 0) is 13.1 Å². The van der Waals surface area contributed by atoms with E-state index in [9.17, 15) is 0 Å². The Bertz CT molecular complexity index is 335. The van der Waals surface area contributed by atoms with Gasteiger partial charge in [0.2, 0.25) is 0 Å². The van der Waals surface area contributed by atoms with Crippen molar-refractivity contribution in [3.63, 3.8) is 0 Å². The van der Waals surface area contributed by atoms with Gasteiger partial charge in [0.15, 0.2) is 0 Å². The van der Waals surface area contributed by atoms with Crippen LogP contribution in [0.5, 0.6) is 0 Å². The van der Waals surface area contributed by atoms with Crippen LogP contribution in [0.15, 0.2) is 16.5 Å². The van der Waals surface area contributed by atoms with Crippen LogP contribution in [0.3, 0.4) is 0 Å². The fourth-order valence-corrected chi connectivity index (χ4v) is 2.21. The second-order valence-electron chi connectivity index (χ2n) is 4.71. The van der Waals surface area contributed by atoms with Crippen molar-refractivity contribution >= 4 is 0 Å². The van der Waals surface area contributed by atoms with Gasteiger partial charge in [-0.05, 0) is 32.6 Å². The molecule has 1 atom stereocenters. The molecule has 1 aliphatic rings. The van der Waals surface area contributed by atoms with Crippen molar-refractivity contribution in [2.75, 3.05) is 27.2 Å². The van der Waals surface area contributed by atoms with Gasteiger partial charge in [-0.2, -0.15) is 0 Å². The average molecular weight is 223 g/mol. The molecule has 1 fully saturated rings. The Morgan fingerprint density at radius 3 is 2.75 bits per heavy atom. The predicted molar refractivity (Wildman–Crippen MR) is 64.0 cm³/mol. The van der Waals surface area contributed by atoms with Crippen molar-refractivity contribution in [3.8, 4) is 0 Å². The van der Waals surface area contributed by atoms with Gasteiger partial charge in [-0.3, -0.25) is 4.90 Å². The molecule has 0 bridgehead atoms. The van der Waals surface area contributed by atoms with E-state index in [1.54, 1.807) is 0 Å². The van der Waals surface area contributed by atoms with E-state index >= 15 is 0 Å². The molecule has 1 unspecified atom stereocenters. The Hall–Kier alpha value is -0.840. The summed E-state index contributed by atoms with van der Waals surface area (Å²) in [6.45, 7) is 3.68. The van der Waals surface area contributed by atoms with E-state index in [4.69, 9.17) is 10.2 Å². The summed E-state index contributed by atoms with van der Waals surface area (Å²) in [7, 11) is 4.29. The van der Waals surface area contributed by atoms with Crippen LogP contribution in [0.25, 0.3) is 0 Å². The highest BCUT2D eigenvalue weighted by Crippen LogP contribution is 2.17. The molecule has 4 heteroatoms. The van der Waals surface area contributed by atoms with Gasteiger partial charge in [-0.1, -0.05) is 0 Å². The monoisotopic (exact) mass is 223 g/mol. The summed E-state index contributed by atoms with van der Waals surface area (Å²) in [6.07, 6.45) is 1.25. The summed E-state index contributed by atoms with van der Waals surface area (Å²) < 4.78 is 5.61. The van der Waals surface area contributed by atoms with Crippen molar-refractivity contribution in [2.24, 2.45) is 5.73 Å². The van der Waals surface area contributed by atoms with E-state index < -0.39 is 0 Å². The summed E-state index contributed by atoms with van der Waals surface area (Å²) in [5.74, 6) is 1.90. The first-order valence-corrected chi connectivity index (χ1v) is 5.85. The SMILES string of the molecule is CN(C)C1CCN(Cc2ccc(CN)o2)C1. The van der Waals surface area contributed by atoms with E-state index in [2.05, 4.69) is 23.9 Å². The molecule has 1 saturated heterocycles. The Balaban J connectivity index is 1.87. The first-order chi connectivity index (χ1) is 7.69. The lowest BCUT2D eigenvalue weighted by Gasteiger charge is -2.19. The first-order valence-electron chi connectivity index (χ1n) is 5.85. The molecule has 4 nitrogen and oxygen atoms in total. The number of likely N-dealkylation sites (tertiary alicyclic amines) is 1. The molecule has 2 rings (SSSR count). The Morgan fingerprint density at radius 1 is 1.44 bits per heavy atom. The largest absolute Gasteiger partial charge is 0.463 e. The fourth-order valence-electron chi connectivity index (χ4n) is 2.21. The maximum absolute atomic E-state index is 5.61. The molecule has 0 amide bonds. The smallest absolute Gasteiger partial charge is 0.118 e. The zero-order valence-corrected chi connectivity index (χ0v) is 10.1. The molecule has 0 radical (unpaired) electrons. The molecule has 0 spiro atoms. The molecular weight excluding hydrogens is 202 g/mol. The van der Waals surface area contributed by atoms with Crippen LogP contribution < -0.4 is 5.73 Å². The van der Waals surface area contributed by atoms with Gasteiger partial charge < -0.3 is 15.1 Å². The number of furan rings is 1. The van der Waals surface area contributed by atoms with Gasteiger partial charge in [-0.25, -0.2) is 0 Å². The van der Waals surface area contributed by atoms with Crippen LogP contribution in [0, 0.1) is 0 Å². The number of nitrogens with zero attached hydrogens (tertiary/aromatic N) is 2. The molecule has 1 aromatic rings. The zero-order chi connectivity index (χ0) is 11.5. The Morgan fingerprint density at radius 2 is 2.19 bits per heavy atom. The minimum absolute atomic E-state index is 0.486. The van der Waals surface area contributed by atoms with Crippen molar-refractivity contribution in [3.05, 3.63) is 23.7 Å². The molecular formula is C12H21N3O. The van der Waals surface area contributed by atoms with Gasteiger partial charge in [0.05, 0.1) is 13.1 Å². The van der Waals surface area contributed by atoms with Crippen molar-refractivity contribution in [1.29, 1.82) is 0 Å². The molecule has 1 aliphatic heterocycles. The highest BCUT2D eigenvalue weighted by atomic mass is 16.3. The van der Waals surface area contributed by atoms with E-state index in [0.717, 1.165) is 31.2 Å². The molecule has 90 valence electrons. The quantitative estimate of drug-likeness (QED) is 0.823. The van der Waals surface area contributed by atoms with Crippen LogP contribution in [0.4, 0.5) is 0 Å². The van der Waals surface area contributed by atoms with Gasteiger partial charge in [0.25, 0.3) is 0 Å². The highest BCUT2D eigenvalue weighted by molar-refractivity contribution is 5.07. The third kappa shape index (κ3) is 2.64. The van der Waals surface area contributed by atoms with E-state index in [-0.39, 0.29) is 0 Å². The lowest BCUT2D eigenvalue weighted by molar-refractivity contribution is 0.250. The molecule has 1 aromatic heterocycles. The topological polar surface area (TPSA) is 45.6 Å². The molecule has 16 heavy (non-hydrogen) atoms. The zero-order valence-electron chi connectivity index (χ0n) is 10.1. The molecule has 2 N–H and O–H groups in total. The second-order valence-corrected chi connectivity index (χ2v) is 4.71. The summed E-state index contributed by atoms with van der Waals surface area (Å²) >= 11 is 0. The minimum Gasteiger partial charge on any atom is -0.463 e. The van der Waals surface area contributed by atoms with E-state index in [1.165, 1.54) is 6.42 Å². The molecule has 0 saturated carbocycles. The number of rotatable bonds is 4. The normalized spacial score (nSPS) is 22.1. The standard InChI is InChI=1S/C12H21N3O/c1-14(2)10-5-6-15(8-10)9-12-4-3-11(7-13)16-12/h3-4,10H,5-9,13H2,1-2H3. The van der Waals surface area contributed by atoms with Gasteiger partial charge in [-0.15, -0.1) is 0 Å². The van der Waals surface area contributed by atoms with Crippen molar-refractivity contribution < 1.29 is 4.42 Å². The van der Waals surface area contributed by atoms with Gasteiger partial charge in [0, 0.05) is 19.1 Å². The minimum atomic E-state index is 0.486. The molecule has 2 heterocycles. The lowest BCUT2D eigenvalue weighted by Crippen LogP contribution is -2.31. The molecule has 0 aliphatic carbocycles. The van der Waals surface area contributed by atoms with Gasteiger partial charge >= 0.3 is 0 Å². The van der Waals surface area contributed by atoms with Crippen LogP contribution >= 0.6 is 0 Å². The summed E-state index contributed by atoms with van der Waals surface area (Å²) in [5.41, 5.74) is 5.52. The Kier molecular flexibility index (Phi) is 3.63. The third-order valence-corrected chi connectivity index (χ3v) is 3.28.